The molecule has 0 N–H and O–H groups in total. The molecular weight excluding hydrogens is 400 g/mol. The summed E-state index contributed by atoms with van der Waals surface area (Å²) in [6.45, 7) is 8.14. The summed E-state index contributed by atoms with van der Waals surface area (Å²) < 4.78 is 1.68. The summed E-state index contributed by atoms with van der Waals surface area (Å²) in [5.74, 6) is 0.870. The monoisotopic (exact) mass is 438 g/mol. The summed E-state index contributed by atoms with van der Waals surface area (Å²) in [5.41, 5.74) is 2.54. The topological polar surface area (TPSA) is 58.4 Å². The third kappa shape index (κ3) is 5.78. The Morgan fingerprint density at radius 1 is 1.12 bits per heavy atom. The SMILES string of the molecule is CCC(CC)C(=O)N1CCC(C(Cc2ccccc2C)N(C)C(=O)Cn2cccn2)CC1. The van der Waals surface area contributed by atoms with E-state index in [1.165, 1.54) is 11.1 Å². The number of aromatic nitrogens is 2. The second kappa shape index (κ2) is 11.3. The Bertz CT molecular complexity index is 868. The van der Waals surface area contributed by atoms with Crippen molar-refractivity contribution in [2.24, 2.45) is 11.8 Å². The number of carbonyl (C=O) groups excluding carboxylic acids is 2. The maximum atomic E-state index is 13.1. The third-order valence-electron chi connectivity index (χ3n) is 7.17. The van der Waals surface area contributed by atoms with Crippen LogP contribution in [0.1, 0.15) is 50.7 Å². The molecule has 6 nitrogen and oxygen atoms in total. The fraction of sp³-hybridized carbons (Fsp3) is 0.577. The lowest BCUT2D eigenvalue weighted by Crippen LogP contribution is -2.50. The largest absolute Gasteiger partial charge is 0.342 e. The summed E-state index contributed by atoms with van der Waals surface area (Å²) in [6, 6.07) is 10.4. The van der Waals surface area contributed by atoms with E-state index in [-0.39, 0.29) is 24.4 Å². The summed E-state index contributed by atoms with van der Waals surface area (Å²) in [6.07, 6.45) is 8.02. The van der Waals surface area contributed by atoms with Crippen molar-refractivity contribution in [2.45, 2.75) is 65.5 Å². The molecular formula is C26H38N4O2. The van der Waals surface area contributed by atoms with Crippen LogP contribution in [0.4, 0.5) is 0 Å². The molecule has 0 bridgehead atoms. The molecule has 1 aromatic carbocycles. The van der Waals surface area contributed by atoms with Crippen molar-refractivity contribution >= 4 is 11.8 Å². The highest BCUT2D eigenvalue weighted by Crippen LogP contribution is 2.28. The molecule has 2 heterocycles. The van der Waals surface area contributed by atoms with Crippen LogP contribution in [-0.2, 0) is 22.6 Å². The van der Waals surface area contributed by atoms with E-state index in [1.54, 1.807) is 10.9 Å². The van der Waals surface area contributed by atoms with Crippen molar-refractivity contribution in [1.29, 1.82) is 0 Å². The number of amides is 2. The average molecular weight is 439 g/mol. The molecule has 0 radical (unpaired) electrons. The van der Waals surface area contributed by atoms with E-state index >= 15 is 0 Å². The maximum Gasteiger partial charge on any atom is 0.244 e. The van der Waals surface area contributed by atoms with Gasteiger partial charge in [0.25, 0.3) is 0 Å². The van der Waals surface area contributed by atoms with Crippen molar-refractivity contribution in [1.82, 2.24) is 19.6 Å². The van der Waals surface area contributed by atoms with E-state index in [0.29, 0.717) is 11.8 Å². The highest BCUT2D eigenvalue weighted by Gasteiger charge is 2.34. The number of hydrogen-bond acceptors (Lipinski definition) is 3. The molecule has 1 saturated heterocycles. The van der Waals surface area contributed by atoms with Crippen LogP contribution in [0.25, 0.3) is 0 Å². The predicted molar refractivity (Wildman–Crippen MR) is 127 cm³/mol. The standard InChI is InChI=1S/C26H38N4O2/c1-5-21(6-2)26(32)29-16-12-22(13-17-29)24(18-23-11-8-7-10-20(23)3)28(4)25(31)19-30-15-9-14-27-30/h7-11,14-15,21-22,24H,5-6,12-13,16-19H2,1-4H3. The van der Waals surface area contributed by atoms with Crippen LogP contribution >= 0.6 is 0 Å². The van der Waals surface area contributed by atoms with Crippen LogP contribution in [0.3, 0.4) is 0 Å². The van der Waals surface area contributed by atoms with E-state index in [0.717, 1.165) is 45.2 Å². The van der Waals surface area contributed by atoms with Crippen molar-refractivity contribution in [3.63, 3.8) is 0 Å². The van der Waals surface area contributed by atoms with Crippen LogP contribution in [0.15, 0.2) is 42.7 Å². The van der Waals surface area contributed by atoms with Gasteiger partial charge in [-0.3, -0.25) is 14.3 Å². The quantitative estimate of drug-likeness (QED) is 0.596. The Kier molecular flexibility index (Phi) is 8.48. The number of piperidine rings is 1. The number of carbonyl (C=O) groups is 2. The molecule has 1 aliphatic rings. The van der Waals surface area contributed by atoms with Gasteiger partial charge in [-0.2, -0.15) is 5.10 Å². The van der Waals surface area contributed by atoms with E-state index in [4.69, 9.17) is 0 Å². The first kappa shape index (κ1) is 24.0. The fourth-order valence-electron chi connectivity index (χ4n) is 4.91. The van der Waals surface area contributed by atoms with Gasteiger partial charge in [-0.25, -0.2) is 0 Å². The first-order valence-electron chi connectivity index (χ1n) is 12.0. The number of nitrogens with zero attached hydrogens (tertiary/aromatic N) is 4. The van der Waals surface area contributed by atoms with Crippen LogP contribution in [0, 0.1) is 18.8 Å². The Morgan fingerprint density at radius 3 is 2.41 bits per heavy atom. The smallest absolute Gasteiger partial charge is 0.244 e. The highest BCUT2D eigenvalue weighted by atomic mass is 16.2. The van der Waals surface area contributed by atoms with Gasteiger partial charge in [-0.15, -0.1) is 0 Å². The van der Waals surface area contributed by atoms with Gasteiger partial charge in [0.15, 0.2) is 0 Å². The second-order valence-electron chi connectivity index (χ2n) is 9.08. The molecule has 1 fully saturated rings. The van der Waals surface area contributed by atoms with E-state index in [1.807, 2.05) is 29.1 Å². The molecule has 2 aromatic rings. The molecule has 2 amide bonds. The van der Waals surface area contributed by atoms with Crippen LogP contribution in [0.2, 0.25) is 0 Å². The minimum atomic E-state index is 0.0721. The zero-order chi connectivity index (χ0) is 23.1. The Balaban J connectivity index is 1.73. The number of rotatable bonds is 9. The van der Waals surface area contributed by atoms with Gasteiger partial charge in [0.1, 0.15) is 6.54 Å². The molecule has 1 atom stereocenters. The summed E-state index contributed by atoms with van der Waals surface area (Å²) in [5, 5.41) is 4.20. The highest BCUT2D eigenvalue weighted by molar-refractivity contribution is 5.79. The van der Waals surface area contributed by atoms with Gasteiger partial charge in [-0.1, -0.05) is 38.1 Å². The third-order valence-corrected chi connectivity index (χ3v) is 7.17. The molecule has 3 rings (SSSR count). The van der Waals surface area contributed by atoms with Crippen molar-refractivity contribution in [3.05, 3.63) is 53.9 Å². The molecule has 1 unspecified atom stereocenters. The number of likely N-dealkylation sites (tertiary alicyclic amines) is 1. The van der Waals surface area contributed by atoms with Crippen molar-refractivity contribution < 1.29 is 9.59 Å². The zero-order valence-electron chi connectivity index (χ0n) is 20.0. The second-order valence-corrected chi connectivity index (χ2v) is 9.08. The molecule has 0 spiro atoms. The molecule has 0 aliphatic carbocycles. The van der Waals surface area contributed by atoms with Crippen molar-refractivity contribution in [3.8, 4) is 0 Å². The normalized spacial score (nSPS) is 15.7. The average Bonchev–Trinajstić information content (AvgIpc) is 3.32. The number of benzene rings is 1. The molecule has 6 heteroatoms. The maximum absolute atomic E-state index is 13.1. The van der Waals surface area contributed by atoms with Crippen molar-refractivity contribution in [2.75, 3.05) is 20.1 Å². The van der Waals surface area contributed by atoms with Crippen LogP contribution < -0.4 is 0 Å². The lowest BCUT2D eigenvalue weighted by atomic mass is 9.83. The molecule has 0 saturated carbocycles. The van der Waals surface area contributed by atoms with Gasteiger partial charge in [0.05, 0.1) is 0 Å². The van der Waals surface area contributed by atoms with E-state index in [9.17, 15) is 9.59 Å². The predicted octanol–water partition coefficient (Wildman–Crippen LogP) is 3.94. The van der Waals surface area contributed by atoms with Gasteiger partial charge in [-0.05, 0) is 62.1 Å². The van der Waals surface area contributed by atoms with Gasteiger partial charge in [0, 0.05) is 44.5 Å². The molecule has 1 aromatic heterocycles. The lowest BCUT2D eigenvalue weighted by molar-refractivity contribution is -0.139. The zero-order valence-corrected chi connectivity index (χ0v) is 20.0. The molecule has 32 heavy (non-hydrogen) atoms. The van der Waals surface area contributed by atoms with Gasteiger partial charge < -0.3 is 9.80 Å². The first-order chi connectivity index (χ1) is 15.4. The van der Waals surface area contributed by atoms with E-state index < -0.39 is 0 Å². The summed E-state index contributed by atoms with van der Waals surface area (Å²) in [7, 11) is 1.93. The van der Waals surface area contributed by atoms with Crippen LogP contribution in [-0.4, -0.2) is 57.6 Å². The summed E-state index contributed by atoms with van der Waals surface area (Å²) in [4.78, 5) is 29.9. The Morgan fingerprint density at radius 2 is 1.81 bits per heavy atom. The molecule has 1 aliphatic heterocycles. The number of likely N-dealkylation sites (N-methyl/N-ethyl adjacent to an activating group) is 1. The van der Waals surface area contributed by atoms with Gasteiger partial charge >= 0.3 is 0 Å². The first-order valence-corrected chi connectivity index (χ1v) is 12.0. The summed E-state index contributed by atoms with van der Waals surface area (Å²) >= 11 is 0. The molecule has 174 valence electrons. The number of hydrogen-bond donors (Lipinski definition) is 0. The Labute approximate surface area is 192 Å². The van der Waals surface area contributed by atoms with E-state index in [2.05, 4.69) is 50.1 Å². The minimum Gasteiger partial charge on any atom is -0.342 e. The van der Waals surface area contributed by atoms with Crippen LogP contribution in [0.5, 0.6) is 0 Å². The minimum absolute atomic E-state index is 0.0721. The number of aryl methyl sites for hydroxylation is 1. The Hall–Kier alpha value is -2.63. The van der Waals surface area contributed by atoms with Gasteiger partial charge in [0.2, 0.25) is 11.8 Å². The lowest BCUT2D eigenvalue weighted by Gasteiger charge is -2.41. The fourth-order valence-corrected chi connectivity index (χ4v) is 4.91.